The van der Waals surface area contributed by atoms with Gasteiger partial charge in [0.2, 0.25) is 0 Å². The second-order valence-electron chi connectivity index (χ2n) is 6.63. The first-order valence-electron chi connectivity index (χ1n) is 9.76. The Morgan fingerprint density at radius 2 is 0.917 bits per heavy atom. The maximum atomic E-state index is 10.5. The van der Waals surface area contributed by atoms with Gasteiger partial charge in [-0.1, -0.05) is 103 Å². The molecule has 6 heteroatoms. The van der Waals surface area contributed by atoms with Crippen molar-refractivity contribution in [3.8, 4) is 0 Å². The summed E-state index contributed by atoms with van der Waals surface area (Å²) in [5, 5.41) is 0. The van der Waals surface area contributed by atoms with Crippen molar-refractivity contribution in [2.75, 3.05) is 6.61 Å². The summed E-state index contributed by atoms with van der Waals surface area (Å²) >= 11 is 0. The molecule has 0 aliphatic heterocycles. The average Bonchev–Trinajstić information content (AvgIpc) is 2.49. The zero-order valence-electron chi connectivity index (χ0n) is 15.9. The maximum absolute atomic E-state index is 10.5. The van der Waals surface area contributed by atoms with Crippen molar-refractivity contribution < 1.29 is 18.9 Å². The summed E-state index contributed by atoms with van der Waals surface area (Å²) in [6.07, 6.45) is 20.7. The Morgan fingerprint density at radius 1 is 0.625 bits per heavy atom. The molecule has 4 nitrogen and oxygen atoms in total. The minimum atomic E-state index is -4.26. The predicted molar refractivity (Wildman–Crippen MR) is 103 cm³/mol. The minimum Gasteiger partial charge on any atom is -0.303 e. The van der Waals surface area contributed by atoms with Crippen LogP contribution >= 0.6 is 7.82 Å². The van der Waals surface area contributed by atoms with Crippen LogP contribution in [0.2, 0.25) is 0 Å². The van der Waals surface area contributed by atoms with Crippen LogP contribution in [-0.2, 0) is 9.09 Å². The van der Waals surface area contributed by atoms with Crippen molar-refractivity contribution >= 4 is 30.9 Å². The van der Waals surface area contributed by atoms with Crippen molar-refractivity contribution in [2.45, 2.75) is 110 Å². The molecule has 0 aliphatic rings. The Kier molecular flexibility index (Phi) is 22.8. The van der Waals surface area contributed by atoms with Crippen LogP contribution < -0.4 is 0 Å². The minimum absolute atomic E-state index is 0. The van der Waals surface area contributed by atoms with E-state index in [-0.39, 0.29) is 29.7 Å². The van der Waals surface area contributed by atoms with E-state index in [4.69, 9.17) is 9.79 Å². The number of unbranched alkanes of at least 4 members (excludes halogenated alkanes) is 15. The van der Waals surface area contributed by atoms with Crippen molar-refractivity contribution in [1.82, 2.24) is 0 Å². The highest BCUT2D eigenvalue weighted by molar-refractivity contribution is 7.46. The van der Waals surface area contributed by atoms with Gasteiger partial charge in [-0.15, -0.1) is 0 Å². The second kappa shape index (κ2) is 20.2. The first-order chi connectivity index (χ1) is 11.1. The Hall–Kier alpha value is 0.876. The summed E-state index contributed by atoms with van der Waals surface area (Å²) in [6, 6.07) is 0. The molecule has 2 radical (unpaired) electrons. The van der Waals surface area contributed by atoms with E-state index in [9.17, 15) is 4.57 Å². The molecule has 0 fully saturated rings. The average molecular weight is 375 g/mol. The third-order valence-corrected chi connectivity index (χ3v) is 4.78. The monoisotopic (exact) mass is 374 g/mol. The molecule has 0 saturated carbocycles. The molecule has 0 atom stereocenters. The van der Waals surface area contributed by atoms with E-state index in [2.05, 4.69) is 11.4 Å². The van der Waals surface area contributed by atoms with Gasteiger partial charge in [0, 0.05) is 23.1 Å². The fourth-order valence-electron chi connectivity index (χ4n) is 2.83. The van der Waals surface area contributed by atoms with Crippen LogP contribution in [0.3, 0.4) is 0 Å². The molecule has 0 aliphatic carbocycles. The number of rotatable bonds is 18. The van der Waals surface area contributed by atoms with E-state index >= 15 is 0 Å². The van der Waals surface area contributed by atoms with E-state index in [1.54, 1.807) is 0 Å². The lowest BCUT2D eigenvalue weighted by molar-refractivity contribution is 0.193. The maximum Gasteiger partial charge on any atom is 0.469 e. The fraction of sp³-hybridized carbons (Fsp3) is 1.00. The van der Waals surface area contributed by atoms with E-state index in [0.717, 1.165) is 19.3 Å². The molecule has 0 heterocycles. The van der Waals surface area contributed by atoms with Crippen molar-refractivity contribution in [2.24, 2.45) is 0 Å². The first-order valence-corrected chi connectivity index (χ1v) is 11.3. The molecule has 0 saturated heterocycles. The number of phosphoric acid groups is 1. The van der Waals surface area contributed by atoms with Crippen LogP contribution in [0.25, 0.3) is 0 Å². The normalized spacial score (nSPS) is 11.5. The molecule has 0 amide bonds. The zero-order valence-corrected chi connectivity index (χ0v) is 18.2. The lowest BCUT2D eigenvalue weighted by atomic mass is 10.0. The van der Waals surface area contributed by atoms with Gasteiger partial charge in [0.05, 0.1) is 6.61 Å². The van der Waals surface area contributed by atoms with Gasteiger partial charge >= 0.3 is 7.82 Å². The van der Waals surface area contributed by atoms with Crippen LogP contribution in [-0.4, -0.2) is 39.4 Å². The molecule has 0 aromatic heterocycles. The van der Waals surface area contributed by atoms with Gasteiger partial charge in [-0.2, -0.15) is 0 Å². The van der Waals surface area contributed by atoms with Crippen LogP contribution in [0.1, 0.15) is 110 Å². The van der Waals surface area contributed by atoms with Crippen LogP contribution in [0, 0.1) is 0 Å². The molecule has 142 valence electrons. The molecule has 24 heavy (non-hydrogen) atoms. The van der Waals surface area contributed by atoms with Gasteiger partial charge in [0.15, 0.2) is 0 Å². The molecule has 0 bridgehead atoms. The highest BCUT2D eigenvalue weighted by atomic mass is 31.2. The predicted octanol–water partition coefficient (Wildman–Crippen LogP) is 5.98. The van der Waals surface area contributed by atoms with Gasteiger partial charge in [-0.3, -0.25) is 4.52 Å². The summed E-state index contributed by atoms with van der Waals surface area (Å²) in [7, 11) is -4.26. The highest BCUT2D eigenvalue weighted by Gasteiger charge is 2.12. The molecule has 0 spiro atoms. The Balaban J connectivity index is 0. The third-order valence-electron chi connectivity index (χ3n) is 4.26. The summed E-state index contributed by atoms with van der Waals surface area (Å²) in [4.78, 5) is 17.1. The molecule has 0 rings (SSSR count). The molecule has 0 unspecified atom stereocenters. The Morgan fingerprint density at radius 3 is 1.21 bits per heavy atom. The Labute approximate surface area is 165 Å². The molecular weight excluding hydrogens is 335 g/mol. The molecule has 0 aromatic rings. The fourth-order valence-corrected chi connectivity index (χ4v) is 3.20. The summed E-state index contributed by atoms with van der Waals surface area (Å²) in [6.45, 7) is 2.43. The molecule has 0 aromatic carbocycles. The van der Waals surface area contributed by atoms with Crippen LogP contribution in [0.15, 0.2) is 0 Å². The molecular formula is C18H39MgO4P. The van der Waals surface area contributed by atoms with Crippen LogP contribution in [0.4, 0.5) is 0 Å². The van der Waals surface area contributed by atoms with Gasteiger partial charge in [0.1, 0.15) is 0 Å². The lowest BCUT2D eigenvalue weighted by Crippen LogP contribution is -1.92. The number of hydrogen-bond donors (Lipinski definition) is 2. The van der Waals surface area contributed by atoms with Gasteiger partial charge < -0.3 is 9.79 Å². The van der Waals surface area contributed by atoms with Crippen molar-refractivity contribution in [1.29, 1.82) is 0 Å². The largest absolute Gasteiger partial charge is 0.469 e. The summed E-state index contributed by atoms with van der Waals surface area (Å²) in [5.74, 6) is 0. The third kappa shape index (κ3) is 25.1. The van der Waals surface area contributed by atoms with E-state index < -0.39 is 7.82 Å². The number of phosphoric ester groups is 1. The van der Waals surface area contributed by atoms with Crippen molar-refractivity contribution in [3.63, 3.8) is 0 Å². The Bertz CT molecular complexity index is 284. The topological polar surface area (TPSA) is 66.8 Å². The van der Waals surface area contributed by atoms with Gasteiger partial charge in [-0.25, -0.2) is 4.57 Å². The molecule has 2 N–H and O–H groups in total. The van der Waals surface area contributed by atoms with Gasteiger partial charge in [0.25, 0.3) is 0 Å². The first kappa shape index (κ1) is 27.1. The SMILES string of the molecule is CCCCCCCCCCCCCCCCCCOP(=O)(O)O.[Mg]. The van der Waals surface area contributed by atoms with Crippen molar-refractivity contribution in [3.05, 3.63) is 0 Å². The second-order valence-corrected chi connectivity index (χ2v) is 7.87. The zero-order chi connectivity index (χ0) is 17.2. The highest BCUT2D eigenvalue weighted by Crippen LogP contribution is 2.35. The summed E-state index contributed by atoms with van der Waals surface area (Å²) < 4.78 is 14.9. The van der Waals surface area contributed by atoms with Gasteiger partial charge in [-0.05, 0) is 6.42 Å². The standard InChI is InChI=1S/C18H39O4P.Mg/c1-2-3-4-5-6-7-8-9-10-11-12-13-14-15-16-17-18-22-23(19,20)21;/h2-18H2,1H3,(H2,19,20,21);. The van der Waals surface area contributed by atoms with Crippen LogP contribution in [0.5, 0.6) is 0 Å². The van der Waals surface area contributed by atoms with E-state index in [1.807, 2.05) is 0 Å². The van der Waals surface area contributed by atoms with E-state index in [1.165, 1.54) is 83.5 Å². The quantitative estimate of drug-likeness (QED) is 0.176. The number of hydrogen-bond acceptors (Lipinski definition) is 2. The summed E-state index contributed by atoms with van der Waals surface area (Å²) in [5.41, 5.74) is 0. The smallest absolute Gasteiger partial charge is 0.303 e. The van der Waals surface area contributed by atoms with E-state index in [0.29, 0.717) is 0 Å². The lowest BCUT2D eigenvalue weighted by Gasteiger charge is -2.05.